The van der Waals surface area contributed by atoms with E-state index < -0.39 is 4.75 Å². The smallest absolute Gasteiger partial charge is 0.252 e. The Hall–Kier alpha value is -2.37. The van der Waals surface area contributed by atoms with Gasteiger partial charge in [0, 0.05) is 23.1 Å². The van der Waals surface area contributed by atoms with Crippen LogP contribution >= 0.6 is 23.4 Å². The fourth-order valence-corrected chi connectivity index (χ4v) is 5.27. The zero-order valence-corrected chi connectivity index (χ0v) is 17.4. The lowest BCUT2D eigenvalue weighted by Crippen LogP contribution is -2.35. The first-order valence-electron chi connectivity index (χ1n) is 8.97. The molecule has 0 saturated carbocycles. The van der Waals surface area contributed by atoms with E-state index in [0.717, 1.165) is 21.7 Å². The van der Waals surface area contributed by atoms with Gasteiger partial charge in [0.15, 0.2) is 11.5 Å². The van der Waals surface area contributed by atoms with Gasteiger partial charge in [0.2, 0.25) is 0 Å². The summed E-state index contributed by atoms with van der Waals surface area (Å²) in [5, 5.41) is 0.642. The van der Waals surface area contributed by atoms with Gasteiger partial charge in [0.25, 0.3) is 5.91 Å². The second-order valence-electron chi connectivity index (χ2n) is 6.49. The summed E-state index contributed by atoms with van der Waals surface area (Å²) in [6.07, 6.45) is 3.89. The number of allylic oxidation sites excluding steroid dienone is 1. The Morgan fingerprint density at radius 3 is 2.46 bits per heavy atom. The quantitative estimate of drug-likeness (QED) is 0.692. The van der Waals surface area contributed by atoms with Crippen molar-refractivity contribution in [3.05, 3.63) is 70.6 Å². The van der Waals surface area contributed by atoms with Gasteiger partial charge in [-0.1, -0.05) is 59.8 Å². The van der Waals surface area contributed by atoms with Crippen LogP contribution in [0.1, 0.15) is 18.1 Å². The van der Waals surface area contributed by atoms with E-state index in [4.69, 9.17) is 21.1 Å². The second kappa shape index (κ2) is 7.22. The number of hydrogen-bond acceptors (Lipinski definition) is 4. The number of nitrogens with zero attached hydrogens (tertiary/aromatic N) is 1. The van der Waals surface area contributed by atoms with Gasteiger partial charge in [0.05, 0.1) is 24.9 Å². The molecule has 0 N–H and O–H groups in total. The van der Waals surface area contributed by atoms with E-state index in [-0.39, 0.29) is 5.91 Å². The first-order valence-corrected chi connectivity index (χ1v) is 10.2. The van der Waals surface area contributed by atoms with Crippen LogP contribution in [0, 0.1) is 0 Å². The highest BCUT2D eigenvalue weighted by molar-refractivity contribution is 8.05. The molecule has 4 nitrogen and oxygen atoms in total. The summed E-state index contributed by atoms with van der Waals surface area (Å²) in [6.45, 7) is 2.54. The minimum absolute atomic E-state index is 0.0223. The first kappa shape index (κ1) is 19.0. The summed E-state index contributed by atoms with van der Waals surface area (Å²) in [6, 6.07) is 13.5. The molecule has 4 rings (SSSR count). The number of rotatable bonds is 4. The van der Waals surface area contributed by atoms with E-state index in [2.05, 4.69) is 0 Å². The van der Waals surface area contributed by atoms with Crippen molar-refractivity contribution >= 4 is 40.0 Å². The predicted octanol–water partition coefficient (Wildman–Crippen LogP) is 5.18. The molecule has 0 fully saturated rings. The van der Waals surface area contributed by atoms with Crippen molar-refractivity contribution in [3.63, 3.8) is 0 Å². The molecule has 0 aromatic heterocycles. The van der Waals surface area contributed by atoms with E-state index in [1.54, 1.807) is 19.1 Å². The molecule has 0 bridgehead atoms. The fraction of sp³-hybridized carbons (Fsp3) is 0.227. The summed E-state index contributed by atoms with van der Waals surface area (Å²) in [4.78, 5) is 16.1. The largest absolute Gasteiger partial charge is 0.493 e. The van der Waals surface area contributed by atoms with Gasteiger partial charge in [-0.15, -0.1) is 0 Å². The number of methoxy groups -OCH3 is 2. The summed E-state index contributed by atoms with van der Waals surface area (Å²) in [7, 11) is 3.19. The minimum atomic E-state index is -0.838. The van der Waals surface area contributed by atoms with Crippen LogP contribution < -0.4 is 14.4 Å². The van der Waals surface area contributed by atoms with Crippen LogP contribution in [0.15, 0.2) is 59.5 Å². The number of carbonyl (C=O) groups excluding carboxylic acids is 1. The molecule has 6 heteroatoms. The van der Waals surface area contributed by atoms with Gasteiger partial charge in [-0.3, -0.25) is 4.79 Å². The molecule has 1 unspecified atom stereocenters. The SMILES string of the molecule is CCN1C(=O)C2(C=C/C(=C(\Cl)c3ccccc3)S2)c2cc(OC)c(OC)cc21. The first-order chi connectivity index (χ1) is 13.6. The van der Waals surface area contributed by atoms with E-state index in [9.17, 15) is 4.79 Å². The number of benzene rings is 2. The monoisotopic (exact) mass is 413 g/mol. The van der Waals surface area contributed by atoms with Crippen molar-refractivity contribution in [2.75, 3.05) is 25.7 Å². The highest BCUT2D eigenvalue weighted by Crippen LogP contribution is 2.59. The number of carbonyl (C=O) groups is 1. The Morgan fingerprint density at radius 1 is 1.14 bits per heavy atom. The molecule has 2 heterocycles. The van der Waals surface area contributed by atoms with Crippen molar-refractivity contribution in [1.82, 2.24) is 0 Å². The fourth-order valence-electron chi connectivity index (χ4n) is 3.67. The van der Waals surface area contributed by atoms with E-state index in [0.29, 0.717) is 23.1 Å². The lowest BCUT2D eigenvalue weighted by Gasteiger charge is -2.21. The van der Waals surface area contributed by atoms with Crippen LogP contribution in [0.2, 0.25) is 0 Å². The molecule has 2 aromatic rings. The molecular formula is C22H20ClNO3S. The van der Waals surface area contributed by atoms with Crippen LogP contribution in [0.5, 0.6) is 11.5 Å². The zero-order chi connectivity index (χ0) is 19.9. The Morgan fingerprint density at radius 2 is 1.82 bits per heavy atom. The average Bonchev–Trinajstić information content (AvgIpc) is 3.28. The Kier molecular flexibility index (Phi) is 4.89. The van der Waals surface area contributed by atoms with Crippen LogP contribution in [0.3, 0.4) is 0 Å². The van der Waals surface area contributed by atoms with Crippen LogP contribution in [0.25, 0.3) is 5.03 Å². The van der Waals surface area contributed by atoms with E-state index in [1.807, 2.05) is 61.5 Å². The summed E-state index contributed by atoms with van der Waals surface area (Å²) < 4.78 is 10.1. The maximum Gasteiger partial charge on any atom is 0.252 e. The van der Waals surface area contributed by atoms with Crippen molar-refractivity contribution < 1.29 is 14.3 Å². The normalized spacial score (nSPS) is 22.0. The van der Waals surface area contributed by atoms with Gasteiger partial charge in [-0.2, -0.15) is 0 Å². The summed E-state index contributed by atoms with van der Waals surface area (Å²) in [5.41, 5.74) is 2.67. The molecule has 1 amide bonds. The second-order valence-corrected chi connectivity index (χ2v) is 8.15. The van der Waals surface area contributed by atoms with Crippen molar-refractivity contribution in [1.29, 1.82) is 0 Å². The average molecular weight is 414 g/mol. The molecule has 2 aliphatic rings. The highest BCUT2D eigenvalue weighted by atomic mass is 35.5. The van der Waals surface area contributed by atoms with Crippen LogP contribution in [-0.4, -0.2) is 26.7 Å². The predicted molar refractivity (Wildman–Crippen MR) is 115 cm³/mol. The number of anilines is 1. The minimum Gasteiger partial charge on any atom is -0.493 e. The van der Waals surface area contributed by atoms with E-state index in [1.165, 1.54) is 11.8 Å². The molecule has 0 aliphatic carbocycles. The molecule has 1 atom stereocenters. The van der Waals surface area contributed by atoms with Crippen molar-refractivity contribution in [2.45, 2.75) is 11.7 Å². The van der Waals surface area contributed by atoms with Crippen LogP contribution in [0.4, 0.5) is 5.69 Å². The number of likely N-dealkylation sites (N-methyl/N-ethyl adjacent to an activating group) is 1. The van der Waals surface area contributed by atoms with Gasteiger partial charge >= 0.3 is 0 Å². The third-order valence-electron chi connectivity index (χ3n) is 5.06. The van der Waals surface area contributed by atoms with Gasteiger partial charge < -0.3 is 14.4 Å². The topological polar surface area (TPSA) is 38.8 Å². The van der Waals surface area contributed by atoms with E-state index >= 15 is 0 Å². The number of fused-ring (bicyclic) bond motifs is 2. The standard InChI is InChI=1S/C22H20ClNO3S/c1-4-24-16-13-18(27-3)17(26-2)12-15(16)22(21(24)25)11-10-19(28-22)20(23)14-8-6-5-7-9-14/h5-13H,4H2,1-3H3/b20-19+. The van der Waals surface area contributed by atoms with Gasteiger partial charge in [-0.25, -0.2) is 0 Å². The summed E-state index contributed by atoms with van der Waals surface area (Å²) >= 11 is 8.14. The molecular weight excluding hydrogens is 394 g/mol. The highest BCUT2D eigenvalue weighted by Gasteiger charge is 2.52. The lowest BCUT2D eigenvalue weighted by atomic mass is 9.98. The number of ether oxygens (including phenoxy) is 2. The van der Waals surface area contributed by atoms with Crippen LogP contribution in [-0.2, 0) is 9.54 Å². The summed E-state index contributed by atoms with van der Waals surface area (Å²) in [5.74, 6) is 1.23. The molecule has 144 valence electrons. The maximum atomic E-state index is 13.4. The number of hydrogen-bond donors (Lipinski definition) is 0. The van der Waals surface area contributed by atoms with Gasteiger partial charge in [0.1, 0.15) is 4.75 Å². The van der Waals surface area contributed by atoms with Gasteiger partial charge in [-0.05, 0) is 24.6 Å². The maximum absolute atomic E-state index is 13.4. The molecule has 2 aromatic carbocycles. The number of halogens is 1. The Labute approximate surface area is 173 Å². The molecule has 2 aliphatic heterocycles. The Balaban J connectivity index is 1.84. The third kappa shape index (κ3) is 2.73. The molecule has 28 heavy (non-hydrogen) atoms. The zero-order valence-electron chi connectivity index (χ0n) is 15.9. The molecule has 1 spiro atoms. The van der Waals surface area contributed by atoms with Crippen molar-refractivity contribution in [3.8, 4) is 11.5 Å². The third-order valence-corrected chi connectivity index (χ3v) is 7.00. The number of thioether (sulfide) groups is 1. The lowest BCUT2D eigenvalue weighted by molar-refractivity contribution is -0.119. The Bertz CT molecular complexity index is 1000. The van der Waals surface area contributed by atoms with Crippen molar-refractivity contribution in [2.24, 2.45) is 0 Å². The molecule has 0 saturated heterocycles. The number of amides is 1. The molecule has 0 radical (unpaired) electrons.